The molecular formula is C49H66N7O8PSi. The molecule has 1 aliphatic heterocycles. The molecule has 1 fully saturated rings. The average molecular weight is 940 g/mol. The molecule has 6 rings (SSSR count). The third kappa shape index (κ3) is 10.6. The van der Waals surface area contributed by atoms with Crippen LogP contribution in [0.25, 0.3) is 11.2 Å². The van der Waals surface area contributed by atoms with Crippen LogP contribution in [-0.2, 0) is 33.3 Å². The molecule has 2 aromatic heterocycles. The maximum absolute atomic E-state index is 12.6. The molecular weight excluding hydrogens is 874 g/mol. The zero-order chi connectivity index (χ0) is 48.0. The largest absolute Gasteiger partial charge is 0.497 e. The van der Waals surface area contributed by atoms with Crippen LogP contribution in [0.15, 0.2) is 91.5 Å². The van der Waals surface area contributed by atoms with Crippen LogP contribution < -0.4 is 14.4 Å². The number of ether oxygens (including phenoxy) is 4. The van der Waals surface area contributed by atoms with Crippen LogP contribution in [0.1, 0.15) is 84.7 Å². The van der Waals surface area contributed by atoms with Crippen LogP contribution in [0, 0.1) is 11.3 Å². The second-order valence-electron chi connectivity index (χ2n) is 18.4. The van der Waals surface area contributed by atoms with E-state index in [9.17, 15) is 10.1 Å². The van der Waals surface area contributed by atoms with Gasteiger partial charge in [0.25, 0.3) is 8.53 Å². The van der Waals surface area contributed by atoms with Crippen molar-refractivity contribution in [1.82, 2.24) is 24.2 Å². The summed E-state index contributed by atoms with van der Waals surface area (Å²) in [6.45, 7) is 21.1. The molecule has 0 aliphatic carbocycles. The second kappa shape index (κ2) is 21.4. The Balaban J connectivity index is 1.58. The number of carbonyl (C=O) groups excluding carboxylic acids is 1. The molecule has 17 heteroatoms. The third-order valence-corrected chi connectivity index (χ3v) is 19.0. The minimum absolute atomic E-state index is 0.0101. The first-order chi connectivity index (χ1) is 31.4. The van der Waals surface area contributed by atoms with Gasteiger partial charge in [0, 0.05) is 26.1 Å². The highest BCUT2D eigenvalue weighted by Crippen LogP contribution is 2.53. The normalized spacial score (nSPS) is 18.5. The Morgan fingerprint density at radius 1 is 0.879 bits per heavy atom. The summed E-state index contributed by atoms with van der Waals surface area (Å²) in [6, 6.07) is 28.2. The SMILES string of the molecule is COc1ccc(C(OC[C@H]2O[C@@H](n3cnc4c(N(C)C(C)=O)ncnc43)[C@H](O[Si](C)(C)C(C)(C)C)[C@@H]2OP(OCCC#N)N(C(C)C)C(C)C)(c2ccccc2)c2ccc(OC)cc2)cc1. The molecule has 0 radical (unpaired) electrons. The summed E-state index contributed by atoms with van der Waals surface area (Å²) in [6.07, 6.45) is 0.0980. The number of methoxy groups -OCH3 is 2. The summed E-state index contributed by atoms with van der Waals surface area (Å²) in [5.74, 6) is 1.57. The van der Waals surface area contributed by atoms with Gasteiger partial charge in [0.05, 0.1) is 46.3 Å². The topological polar surface area (TPSA) is 156 Å². The van der Waals surface area contributed by atoms with Gasteiger partial charge >= 0.3 is 0 Å². The molecule has 5 atom stereocenters. The Morgan fingerprint density at radius 3 is 1.97 bits per heavy atom. The molecule has 3 aromatic carbocycles. The van der Waals surface area contributed by atoms with Crippen molar-refractivity contribution >= 4 is 39.7 Å². The highest BCUT2D eigenvalue weighted by Gasteiger charge is 2.54. The van der Waals surface area contributed by atoms with E-state index in [1.807, 2.05) is 71.3 Å². The number of hydrogen-bond acceptors (Lipinski definition) is 13. The van der Waals surface area contributed by atoms with Gasteiger partial charge in [-0.2, -0.15) is 5.26 Å². The number of carbonyl (C=O) groups is 1. The van der Waals surface area contributed by atoms with E-state index in [2.05, 4.69) is 89.4 Å². The average Bonchev–Trinajstić information content (AvgIpc) is 3.87. The van der Waals surface area contributed by atoms with Crippen LogP contribution in [-0.4, -0.2) is 103 Å². The summed E-state index contributed by atoms with van der Waals surface area (Å²) in [5.41, 5.74) is 2.29. The van der Waals surface area contributed by atoms with Crippen LogP contribution >= 0.6 is 8.53 Å². The minimum atomic E-state index is -2.63. The van der Waals surface area contributed by atoms with Crippen molar-refractivity contribution < 1.29 is 37.2 Å². The Bertz CT molecular complexity index is 2350. The fraction of sp³-hybridized carbons (Fsp3) is 0.490. The predicted octanol–water partition coefficient (Wildman–Crippen LogP) is 9.78. The molecule has 0 spiro atoms. The number of imidazole rings is 1. The number of anilines is 1. The zero-order valence-corrected chi connectivity index (χ0v) is 42.5. The fourth-order valence-corrected chi connectivity index (χ4v) is 11.0. The first-order valence-electron chi connectivity index (χ1n) is 22.4. The lowest BCUT2D eigenvalue weighted by Gasteiger charge is -2.42. The van der Waals surface area contributed by atoms with Gasteiger partial charge in [-0.05, 0) is 86.8 Å². The monoisotopic (exact) mass is 939 g/mol. The lowest BCUT2D eigenvalue weighted by atomic mass is 9.80. The van der Waals surface area contributed by atoms with E-state index in [1.54, 1.807) is 27.6 Å². The van der Waals surface area contributed by atoms with Gasteiger partial charge in [-0.1, -0.05) is 75.4 Å². The molecule has 0 N–H and O–H groups in total. The van der Waals surface area contributed by atoms with Crippen LogP contribution in [0.2, 0.25) is 18.1 Å². The summed E-state index contributed by atoms with van der Waals surface area (Å²) in [4.78, 5) is 28.0. The maximum atomic E-state index is 12.6. The number of amides is 1. The summed E-state index contributed by atoms with van der Waals surface area (Å²) in [5, 5.41) is 9.41. The summed E-state index contributed by atoms with van der Waals surface area (Å²) >= 11 is 0. The van der Waals surface area contributed by atoms with Gasteiger partial charge in [-0.3, -0.25) is 14.3 Å². The van der Waals surface area contributed by atoms with E-state index in [-0.39, 0.29) is 42.7 Å². The Kier molecular flexibility index (Phi) is 16.4. The van der Waals surface area contributed by atoms with Gasteiger partial charge in [0.2, 0.25) is 5.91 Å². The predicted molar refractivity (Wildman–Crippen MR) is 259 cm³/mol. The van der Waals surface area contributed by atoms with E-state index < -0.39 is 47.0 Å². The molecule has 5 aromatic rings. The molecule has 0 bridgehead atoms. The Hall–Kier alpha value is -4.82. The highest BCUT2D eigenvalue weighted by molar-refractivity contribution is 7.44. The van der Waals surface area contributed by atoms with Crippen LogP contribution in [0.3, 0.4) is 0 Å². The Morgan fingerprint density at radius 2 is 1.45 bits per heavy atom. The quantitative estimate of drug-likeness (QED) is 0.0315. The number of nitrogens with zero attached hydrogens (tertiary/aromatic N) is 7. The molecule has 0 saturated carbocycles. The lowest BCUT2D eigenvalue weighted by molar-refractivity contribution is -0.116. The van der Waals surface area contributed by atoms with Crippen molar-refractivity contribution in [1.29, 1.82) is 5.26 Å². The Labute approximate surface area is 392 Å². The number of rotatable bonds is 20. The van der Waals surface area contributed by atoms with Crippen molar-refractivity contribution in [3.05, 3.63) is 108 Å². The van der Waals surface area contributed by atoms with Gasteiger partial charge in [0.15, 0.2) is 31.5 Å². The highest BCUT2D eigenvalue weighted by atomic mass is 31.2. The molecule has 1 aliphatic rings. The van der Waals surface area contributed by atoms with E-state index in [0.717, 1.165) is 16.7 Å². The van der Waals surface area contributed by atoms with E-state index in [1.165, 1.54) is 18.2 Å². The van der Waals surface area contributed by atoms with E-state index in [0.29, 0.717) is 28.5 Å². The fourth-order valence-electron chi connectivity index (χ4n) is 7.94. The molecule has 1 amide bonds. The molecule has 1 saturated heterocycles. The van der Waals surface area contributed by atoms with Gasteiger partial charge < -0.3 is 32.4 Å². The first kappa shape index (κ1) is 50.6. The van der Waals surface area contributed by atoms with E-state index in [4.69, 9.17) is 42.4 Å². The minimum Gasteiger partial charge on any atom is -0.497 e. The molecule has 15 nitrogen and oxygen atoms in total. The van der Waals surface area contributed by atoms with Gasteiger partial charge in [0.1, 0.15) is 41.7 Å². The van der Waals surface area contributed by atoms with Gasteiger partial charge in [-0.25, -0.2) is 19.6 Å². The molecule has 3 heterocycles. The molecule has 1 unspecified atom stereocenters. The lowest BCUT2D eigenvalue weighted by Crippen LogP contribution is -2.50. The van der Waals surface area contributed by atoms with Gasteiger partial charge in [-0.15, -0.1) is 0 Å². The summed E-state index contributed by atoms with van der Waals surface area (Å²) in [7, 11) is 0.514. The number of hydrogen-bond donors (Lipinski definition) is 0. The number of fused-ring (bicyclic) bond motifs is 1. The summed E-state index contributed by atoms with van der Waals surface area (Å²) < 4.78 is 51.6. The van der Waals surface area contributed by atoms with Crippen molar-refractivity contribution in [2.24, 2.45) is 0 Å². The third-order valence-electron chi connectivity index (χ3n) is 12.4. The van der Waals surface area contributed by atoms with Crippen molar-refractivity contribution in [3.8, 4) is 17.6 Å². The molecule has 354 valence electrons. The van der Waals surface area contributed by atoms with Crippen molar-refractivity contribution in [2.75, 3.05) is 39.4 Å². The maximum Gasteiger partial charge on any atom is 0.259 e. The number of benzene rings is 3. The van der Waals surface area contributed by atoms with Crippen LogP contribution in [0.4, 0.5) is 5.82 Å². The van der Waals surface area contributed by atoms with Crippen LogP contribution in [0.5, 0.6) is 11.5 Å². The van der Waals surface area contributed by atoms with E-state index >= 15 is 0 Å². The number of aromatic nitrogens is 4. The molecule has 66 heavy (non-hydrogen) atoms. The van der Waals surface area contributed by atoms with Crippen molar-refractivity contribution in [2.45, 2.75) is 122 Å². The smallest absolute Gasteiger partial charge is 0.259 e. The second-order valence-corrected chi connectivity index (χ2v) is 24.6. The van der Waals surface area contributed by atoms with Crippen molar-refractivity contribution in [3.63, 3.8) is 0 Å². The first-order valence-corrected chi connectivity index (χ1v) is 26.4. The zero-order valence-electron chi connectivity index (χ0n) is 40.6. The standard InChI is InChI=1S/C49H66N7O8PSi/c1-33(2)56(34(3)4)65(61-29-17-28-50)63-43-41(30-60-49(36-18-15-14-16-19-36,37-20-24-39(58-10)25-21-37)38-22-26-40(59-11)27-23-38)62-47(44(43)64-66(12,13)48(6,7)8)55-32-53-42-45(54(9)35(5)57)51-31-52-46(42)55/h14-16,18-27,31-34,41,43-44,47H,17,29-30H2,1-13H3/t41-,43-,44-,47-,65?/m1/s1. The number of nitriles is 1.